The van der Waals surface area contributed by atoms with Gasteiger partial charge in [-0.3, -0.25) is 0 Å². The average molecular weight is 197 g/mol. The van der Waals surface area contributed by atoms with Crippen molar-refractivity contribution in [1.29, 1.82) is 0 Å². The minimum absolute atomic E-state index is 0. The Bertz CT molecular complexity index is 32.6. The summed E-state index contributed by atoms with van der Waals surface area (Å²) in [5.41, 5.74) is 0. The topological polar surface area (TPSA) is 37.3 Å². The molecule has 0 aliphatic heterocycles. The third-order valence-corrected chi connectivity index (χ3v) is 0. The zero-order chi connectivity index (χ0) is 3.58. The predicted octanol–water partition coefficient (Wildman–Crippen LogP) is 0.213. The SMILES string of the molecule is O=C(O)S.[Sn]. The Hall–Kier alpha value is 0.619. The van der Waals surface area contributed by atoms with Gasteiger partial charge in [0.15, 0.2) is 0 Å². The van der Waals surface area contributed by atoms with Crippen molar-refractivity contribution < 1.29 is 9.90 Å². The van der Waals surface area contributed by atoms with Crippen LogP contribution in [0.4, 0.5) is 4.79 Å². The fraction of sp³-hybridized carbons (Fsp3) is 0. The molecule has 0 amide bonds. The molecule has 0 bridgehead atoms. The molecule has 0 aliphatic rings. The number of carboxylic acid groups (broad SMARTS) is 1. The van der Waals surface area contributed by atoms with E-state index in [0.29, 0.717) is 0 Å². The Kier molecular flexibility index (Phi) is 8.46. The van der Waals surface area contributed by atoms with Gasteiger partial charge in [0.1, 0.15) is 0 Å². The van der Waals surface area contributed by atoms with Crippen LogP contribution in [-0.2, 0) is 0 Å². The molecule has 0 aliphatic carbocycles. The molecule has 0 atom stereocenters. The van der Waals surface area contributed by atoms with Crippen molar-refractivity contribution in [2.45, 2.75) is 0 Å². The molecular weight excluding hydrogens is 195 g/mol. The van der Waals surface area contributed by atoms with Gasteiger partial charge in [-0.05, 0) is 0 Å². The van der Waals surface area contributed by atoms with Crippen molar-refractivity contribution in [3.05, 3.63) is 0 Å². The van der Waals surface area contributed by atoms with E-state index < -0.39 is 5.30 Å². The van der Waals surface area contributed by atoms with Crippen LogP contribution in [0, 0.1) is 0 Å². The number of hydrogen-bond acceptors (Lipinski definition) is 1. The van der Waals surface area contributed by atoms with Gasteiger partial charge in [0.25, 0.3) is 0 Å². The summed E-state index contributed by atoms with van der Waals surface area (Å²) in [6.07, 6.45) is 0. The molecule has 0 aromatic carbocycles. The van der Waals surface area contributed by atoms with E-state index in [4.69, 9.17) is 9.90 Å². The maximum absolute atomic E-state index is 8.86. The van der Waals surface area contributed by atoms with Crippen molar-refractivity contribution in [2.24, 2.45) is 0 Å². The van der Waals surface area contributed by atoms with Crippen LogP contribution in [0.3, 0.4) is 0 Å². The van der Waals surface area contributed by atoms with Gasteiger partial charge in [0.2, 0.25) is 0 Å². The second-order valence-electron chi connectivity index (χ2n) is 0.283. The van der Waals surface area contributed by atoms with Gasteiger partial charge in [-0.15, -0.1) is 0 Å². The summed E-state index contributed by atoms with van der Waals surface area (Å²) >= 11 is 2.88. The van der Waals surface area contributed by atoms with Crippen LogP contribution in [0.15, 0.2) is 0 Å². The van der Waals surface area contributed by atoms with Crippen molar-refractivity contribution in [3.63, 3.8) is 0 Å². The smallest absolute Gasteiger partial charge is 0.361 e. The first kappa shape index (κ1) is 9.15. The molecule has 0 rings (SSSR count). The molecule has 2 nitrogen and oxygen atoms in total. The monoisotopic (exact) mass is 198 g/mol. The Morgan fingerprint density at radius 2 is 1.80 bits per heavy atom. The standard InChI is InChI=1S/CH2O2S.Sn/c2-1(3)4;/h4H,(H,2,3);. The molecule has 0 fully saturated rings. The summed E-state index contributed by atoms with van der Waals surface area (Å²) in [6, 6.07) is 0. The molecule has 4 radical (unpaired) electrons. The molecule has 0 aromatic rings. The first-order valence-electron chi connectivity index (χ1n) is 0.651. The van der Waals surface area contributed by atoms with Crippen LogP contribution in [0.5, 0.6) is 0 Å². The van der Waals surface area contributed by atoms with Crippen LogP contribution in [0.25, 0.3) is 0 Å². The van der Waals surface area contributed by atoms with Crippen LogP contribution < -0.4 is 0 Å². The molecule has 0 heterocycles. The number of hydrogen-bond donors (Lipinski definition) is 2. The van der Waals surface area contributed by atoms with Gasteiger partial charge >= 0.3 is 5.30 Å². The summed E-state index contributed by atoms with van der Waals surface area (Å²) in [5.74, 6) is 0. The third-order valence-electron chi connectivity index (χ3n) is 0. The Morgan fingerprint density at radius 1 is 1.80 bits per heavy atom. The van der Waals surface area contributed by atoms with Crippen molar-refractivity contribution in [2.75, 3.05) is 0 Å². The van der Waals surface area contributed by atoms with E-state index in [2.05, 4.69) is 12.6 Å². The van der Waals surface area contributed by atoms with Crippen LogP contribution in [0.2, 0.25) is 0 Å². The minimum atomic E-state index is -1.14. The largest absolute Gasteiger partial charge is 0.473 e. The van der Waals surface area contributed by atoms with E-state index in [-0.39, 0.29) is 23.9 Å². The molecule has 4 heteroatoms. The second kappa shape index (κ2) is 4.62. The Labute approximate surface area is 51.9 Å². The molecule has 0 saturated carbocycles. The molecular formula is CH2O2SSn. The fourth-order valence-corrected chi connectivity index (χ4v) is 0. The third kappa shape index (κ3) is 82.7. The molecule has 1 N–H and O–H groups in total. The normalized spacial score (nSPS) is 5.00. The molecule has 28 valence electrons. The first-order valence-corrected chi connectivity index (χ1v) is 1.10. The van der Waals surface area contributed by atoms with Gasteiger partial charge in [-0.1, -0.05) is 12.6 Å². The van der Waals surface area contributed by atoms with E-state index in [9.17, 15) is 0 Å². The Balaban J connectivity index is 0. The Morgan fingerprint density at radius 3 is 1.80 bits per heavy atom. The van der Waals surface area contributed by atoms with E-state index in [1.807, 2.05) is 0 Å². The zero-order valence-electron chi connectivity index (χ0n) is 2.30. The summed E-state index contributed by atoms with van der Waals surface area (Å²) in [7, 11) is 0. The maximum Gasteiger partial charge on any atom is 0.361 e. The quantitative estimate of drug-likeness (QED) is 0.430. The van der Waals surface area contributed by atoms with Crippen molar-refractivity contribution >= 4 is 41.8 Å². The molecule has 0 unspecified atom stereocenters. The average Bonchev–Trinajstić information content (AvgIpc) is 0.811. The number of rotatable bonds is 0. The van der Waals surface area contributed by atoms with E-state index in [0.717, 1.165) is 0 Å². The van der Waals surface area contributed by atoms with Crippen LogP contribution in [-0.4, -0.2) is 34.3 Å². The molecule has 0 saturated heterocycles. The van der Waals surface area contributed by atoms with Crippen LogP contribution in [0.1, 0.15) is 0 Å². The summed E-state index contributed by atoms with van der Waals surface area (Å²) in [6.45, 7) is 0. The van der Waals surface area contributed by atoms with Gasteiger partial charge < -0.3 is 5.11 Å². The van der Waals surface area contributed by atoms with Crippen molar-refractivity contribution in [3.8, 4) is 0 Å². The van der Waals surface area contributed by atoms with E-state index in [1.165, 1.54) is 0 Å². The van der Waals surface area contributed by atoms with Gasteiger partial charge in [0, 0.05) is 23.9 Å². The zero-order valence-corrected chi connectivity index (χ0v) is 6.05. The fourth-order valence-electron chi connectivity index (χ4n) is 0. The summed E-state index contributed by atoms with van der Waals surface area (Å²) in [4.78, 5) is 8.86. The van der Waals surface area contributed by atoms with Crippen molar-refractivity contribution in [1.82, 2.24) is 0 Å². The number of carbonyl (C=O) groups is 1. The predicted molar refractivity (Wildman–Crippen MR) is 22.8 cm³/mol. The first-order chi connectivity index (χ1) is 1.73. The molecule has 0 aromatic heterocycles. The van der Waals surface area contributed by atoms with Gasteiger partial charge in [-0.25, -0.2) is 4.79 Å². The summed E-state index contributed by atoms with van der Waals surface area (Å²) in [5, 5.41) is 6.14. The van der Waals surface area contributed by atoms with E-state index in [1.54, 1.807) is 0 Å². The maximum atomic E-state index is 8.86. The van der Waals surface area contributed by atoms with Crippen LogP contribution >= 0.6 is 12.6 Å². The van der Waals surface area contributed by atoms with Gasteiger partial charge in [0.05, 0.1) is 0 Å². The van der Waals surface area contributed by atoms with E-state index >= 15 is 0 Å². The number of thiol groups is 1. The second-order valence-corrected chi connectivity index (χ2v) is 0.665. The molecule has 0 spiro atoms. The summed E-state index contributed by atoms with van der Waals surface area (Å²) < 4.78 is 0. The molecule has 5 heavy (non-hydrogen) atoms. The minimum Gasteiger partial charge on any atom is -0.473 e. The van der Waals surface area contributed by atoms with Gasteiger partial charge in [-0.2, -0.15) is 0 Å².